The molecule has 7 rings (SSSR count). The second kappa shape index (κ2) is 9.02. The molecule has 3 aliphatic rings. The lowest BCUT2D eigenvalue weighted by Crippen LogP contribution is -2.48. The highest BCUT2D eigenvalue weighted by Crippen LogP contribution is 2.61. The summed E-state index contributed by atoms with van der Waals surface area (Å²) in [4.78, 5) is 45.9. The Labute approximate surface area is 241 Å². The van der Waals surface area contributed by atoms with Crippen molar-refractivity contribution >= 4 is 52.3 Å². The number of ketones is 3. The van der Waals surface area contributed by atoms with Gasteiger partial charge in [0, 0.05) is 38.3 Å². The van der Waals surface area contributed by atoms with Gasteiger partial charge in [0.1, 0.15) is 11.5 Å². The summed E-state index contributed by atoms with van der Waals surface area (Å²) in [6.07, 6.45) is 3.78. The molecule has 40 heavy (non-hydrogen) atoms. The topological polar surface area (TPSA) is 54.5 Å². The second-order valence-electron chi connectivity index (χ2n) is 10.7. The van der Waals surface area contributed by atoms with Crippen molar-refractivity contribution in [1.29, 1.82) is 0 Å². The maximum atomic E-state index is 14.7. The van der Waals surface area contributed by atoms with Crippen LogP contribution in [0.5, 0.6) is 0 Å². The first-order valence-electron chi connectivity index (χ1n) is 13.1. The molecule has 4 nitrogen and oxygen atoms in total. The van der Waals surface area contributed by atoms with E-state index in [0.717, 1.165) is 16.8 Å². The minimum absolute atomic E-state index is 0.181. The Balaban J connectivity index is 1.56. The predicted octanol–water partition coefficient (Wildman–Crippen LogP) is 7.62. The number of anilines is 1. The number of fused-ring (bicyclic) bond motifs is 5. The zero-order valence-electron chi connectivity index (χ0n) is 21.5. The van der Waals surface area contributed by atoms with Gasteiger partial charge in [-0.2, -0.15) is 0 Å². The van der Waals surface area contributed by atoms with Gasteiger partial charge in [-0.05, 0) is 42.3 Å². The van der Waals surface area contributed by atoms with Crippen molar-refractivity contribution in [1.82, 2.24) is 0 Å². The Morgan fingerprint density at radius 2 is 1.48 bits per heavy atom. The number of benzene rings is 4. The Morgan fingerprint density at radius 1 is 0.825 bits per heavy atom. The molecule has 0 aromatic heterocycles. The van der Waals surface area contributed by atoms with Crippen molar-refractivity contribution in [3.63, 3.8) is 0 Å². The largest absolute Gasteiger partial charge is 0.352 e. The molecule has 3 atom stereocenters. The lowest BCUT2D eigenvalue weighted by molar-refractivity contribution is 0.0666. The molecule has 1 aliphatic carbocycles. The fraction of sp³-hybridized carbons (Fsp3) is 0.147. The molecule has 4 aromatic carbocycles. The summed E-state index contributed by atoms with van der Waals surface area (Å²) in [5, 5.41) is 0.963. The number of rotatable bonds is 3. The summed E-state index contributed by atoms with van der Waals surface area (Å²) in [5.41, 5.74) is 2.85. The van der Waals surface area contributed by atoms with E-state index in [2.05, 4.69) is 0 Å². The Bertz CT molecular complexity index is 1740. The van der Waals surface area contributed by atoms with Gasteiger partial charge in [0.05, 0.1) is 6.04 Å². The molecule has 4 aromatic rings. The van der Waals surface area contributed by atoms with E-state index in [4.69, 9.17) is 23.2 Å². The molecule has 0 radical (unpaired) electrons. The number of aryl methyl sites for hydroxylation is 1. The monoisotopic (exact) mass is 563 g/mol. The van der Waals surface area contributed by atoms with E-state index >= 15 is 0 Å². The average Bonchev–Trinajstić information content (AvgIpc) is 3.39. The van der Waals surface area contributed by atoms with Crippen molar-refractivity contribution in [2.45, 2.75) is 24.9 Å². The minimum Gasteiger partial charge on any atom is -0.352 e. The van der Waals surface area contributed by atoms with Crippen LogP contribution in [-0.2, 0) is 0 Å². The van der Waals surface area contributed by atoms with E-state index in [1.165, 1.54) is 0 Å². The molecular weight excluding hydrogens is 541 g/mol. The number of carbonyl (C=O) groups is 3. The second-order valence-corrected chi connectivity index (χ2v) is 11.5. The highest BCUT2D eigenvalue weighted by atomic mass is 35.5. The maximum Gasteiger partial charge on any atom is 0.185 e. The van der Waals surface area contributed by atoms with Crippen LogP contribution in [-0.4, -0.2) is 29.4 Å². The van der Waals surface area contributed by atoms with Gasteiger partial charge in [-0.25, -0.2) is 0 Å². The zero-order chi connectivity index (χ0) is 27.8. The number of halogens is 2. The summed E-state index contributed by atoms with van der Waals surface area (Å²) in [6, 6.07) is 25.4. The molecule has 0 amide bonds. The van der Waals surface area contributed by atoms with E-state index in [-0.39, 0.29) is 17.3 Å². The average molecular weight is 564 g/mol. The van der Waals surface area contributed by atoms with Crippen LogP contribution in [0.1, 0.15) is 53.7 Å². The van der Waals surface area contributed by atoms with Crippen molar-refractivity contribution in [3.8, 4) is 0 Å². The first kappa shape index (κ1) is 25.0. The van der Waals surface area contributed by atoms with Crippen LogP contribution in [0.2, 0.25) is 10.0 Å². The summed E-state index contributed by atoms with van der Waals surface area (Å²) >= 11 is 13.2. The molecule has 0 saturated carbocycles. The SMILES string of the molecule is Cc1ccc(C(=O)[C@H]2[C@H](c3ccccc3Cl)C3(C(=O)c4ccccc4C3=O)[C@@H]3C=Cc4cc(Cl)ccc4N32)cc1. The van der Waals surface area contributed by atoms with Crippen LogP contribution < -0.4 is 4.90 Å². The van der Waals surface area contributed by atoms with Crippen LogP contribution >= 0.6 is 23.2 Å². The van der Waals surface area contributed by atoms with Gasteiger partial charge in [0.25, 0.3) is 0 Å². The van der Waals surface area contributed by atoms with Gasteiger partial charge in [-0.1, -0.05) is 108 Å². The third-order valence-corrected chi connectivity index (χ3v) is 9.19. The molecule has 0 N–H and O–H groups in total. The van der Waals surface area contributed by atoms with Gasteiger partial charge in [0.2, 0.25) is 0 Å². The van der Waals surface area contributed by atoms with E-state index in [1.54, 1.807) is 48.5 Å². The van der Waals surface area contributed by atoms with Crippen LogP contribution in [0.3, 0.4) is 0 Å². The first-order chi connectivity index (χ1) is 19.3. The number of hydrogen-bond acceptors (Lipinski definition) is 4. The van der Waals surface area contributed by atoms with E-state index in [9.17, 15) is 14.4 Å². The summed E-state index contributed by atoms with van der Waals surface area (Å²) in [7, 11) is 0. The molecular formula is C34H23Cl2NO3. The predicted molar refractivity (Wildman–Crippen MR) is 158 cm³/mol. The van der Waals surface area contributed by atoms with E-state index in [0.29, 0.717) is 32.3 Å². The fourth-order valence-electron chi connectivity index (χ4n) is 6.91. The fourth-order valence-corrected chi connectivity index (χ4v) is 7.34. The summed E-state index contributed by atoms with van der Waals surface area (Å²) in [5.74, 6) is -1.60. The number of hydrogen-bond donors (Lipinski definition) is 0. The van der Waals surface area contributed by atoms with Crippen molar-refractivity contribution in [3.05, 3.63) is 140 Å². The summed E-state index contributed by atoms with van der Waals surface area (Å²) in [6.45, 7) is 1.96. The molecule has 0 unspecified atom stereocenters. The lowest BCUT2D eigenvalue weighted by Gasteiger charge is -2.37. The van der Waals surface area contributed by atoms with Crippen LogP contribution in [0.4, 0.5) is 5.69 Å². The van der Waals surface area contributed by atoms with Crippen molar-refractivity contribution < 1.29 is 14.4 Å². The molecule has 0 bridgehead atoms. The van der Waals surface area contributed by atoms with Crippen LogP contribution in [0.15, 0.2) is 97.1 Å². The Kier molecular flexibility index (Phi) is 5.64. The molecule has 2 aliphatic heterocycles. The van der Waals surface area contributed by atoms with Crippen LogP contribution in [0.25, 0.3) is 6.08 Å². The van der Waals surface area contributed by atoms with E-state index < -0.39 is 23.4 Å². The minimum atomic E-state index is -1.59. The quantitative estimate of drug-likeness (QED) is 0.190. The van der Waals surface area contributed by atoms with E-state index in [1.807, 2.05) is 66.4 Å². The molecule has 1 fully saturated rings. The van der Waals surface area contributed by atoms with Gasteiger partial charge in [-0.15, -0.1) is 0 Å². The number of Topliss-reactive ketones (excluding diaryl/α,β-unsaturated/α-hetero) is 3. The number of nitrogens with zero attached hydrogens (tertiary/aromatic N) is 1. The molecule has 1 spiro atoms. The smallest absolute Gasteiger partial charge is 0.185 e. The van der Waals surface area contributed by atoms with Crippen LogP contribution in [0, 0.1) is 12.3 Å². The third kappa shape index (κ3) is 3.30. The van der Waals surface area contributed by atoms with Gasteiger partial charge < -0.3 is 4.90 Å². The first-order valence-corrected chi connectivity index (χ1v) is 13.9. The summed E-state index contributed by atoms with van der Waals surface area (Å²) < 4.78 is 0. The molecule has 6 heteroatoms. The normalized spacial score (nSPS) is 21.9. The molecule has 2 heterocycles. The van der Waals surface area contributed by atoms with Gasteiger partial charge >= 0.3 is 0 Å². The Morgan fingerprint density at radius 3 is 2.15 bits per heavy atom. The highest BCUT2D eigenvalue weighted by Gasteiger charge is 2.71. The van der Waals surface area contributed by atoms with Gasteiger partial charge in [0.15, 0.2) is 17.3 Å². The maximum absolute atomic E-state index is 14.7. The van der Waals surface area contributed by atoms with Crippen molar-refractivity contribution in [2.75, 3.05) is 4.90 Å². The highest BCUT2D eigenvalue weighted by molar-refractivity contribution is 6.34. The number of carbonyl (C=O) groups excluding carboxylic acids is 3. The zero-order valence-corrected chi connectivity index (χ0v) is 23.0. The lowest BCUT2D eigenvalue weighted by atomic mass is 9.64. The van der Waals surface area contributed by atoms with Gasteiger partial charge in [-0.3, -0.25) is 14.4 Å². The molecule has 1 saturated heterocycles. The Hall–Kier alpha value is -3.99. The third-order valence-electron chi connectivity index (χ3n) is 8.61. The standard InChI is InChI=1S/C34H23Cl2NO3/c1-19-10-12-20(13-11-19)31(38)30-29(25-8-4-5-9-26(25)36)34(32(39)23-6-2-3-7-24(23)33(34)40)28-17-14-21-18-22(35)15-16-27(21)37(28)30/h2-18,28-30H,1H3/t28-,29-,30+/m0/s1. The van der Waals surface area contributed by atoms with Crippen molar-refractivity contribution in [2.24, 2.45) is 5.41 Å². The molecule has 196 valence electrons.